The average Bonchev–Trinajstić information content (AvgIpc) is 3.27. The van der Waals surface area contributed by atoms with Crippen LogP contribution in [0.5, 0.6) is 0 Å². The summed E-state index contributed by atoms with van der Waals surface area (Å²) in [5, 5.41) is 14.3. The molecule has 7 nitrogen and oxygen atoms in total. The van der Waals surface area contributed by atoms with Crippen molar-refractivity contribution in [2.75, 3.05) is 5.32 Å². The average molecular weight is 543 g/mol. The third kappa shape index (κ3) is 5.78. The lowest BCUT2D eigenvalue weighted by Gasteiger charge is -2.08. The lowest BCUT2D eigenvalue weighted by atomic mass is 10.0. The van der Waals surface area contributed by atoms with Crippen LogP contribution in [0.3, 0.4) is 0 Å². The fourth-order valence-corrected chi connectivity index (χ4v) is 4.95. The first kappa shape index (κ1) is 25.9. The van der Waals surface area contributed by atoms with Crippen molar-refractivity contribution in [3.8, 4) is 22.4 Å². The molecule has 1 unspecified atom stereocenters. The third-order valence-corrected chi connectivity index (χ3v) is 7.69. The topological polar surface area (TPSA) is 108 Å². The third-order valence-electron chi connectivity index (χ3n) is 5.92. The molecule has 0 aliphatic rings. The number of hydrogen-bond acceptors (Lipinski definition) is 6. The molecule has 4 aromatic rings. The highest BCUT2D eigenvalue weighted by Crippen LogP contribution is 2.37. The molecule has 0 saturated heterocycles. The summed E-state index contributed by atoms with van der Waals surface area (Å²) in [4.78, 5) is 36.9. The van der Waals surface area contributed by atoms with Gasteiger partial charge in [0.1, 0.15) is 11.4 Å². The monoisotopic (exact) mass is 542 g/mol. The molecule has 3 heterocycles. The van der Waals surface area contributed by atoms with E-state index in [0.717, 1.165) is 35.4 Å². The number of aromatic amines is 1. The van der Waals surface area contributed by atoms with Crippen LogP contribution in [-0.4, -0.2) is 26.0 Å². The van der Waals surface area contributed by atoms with Crippen LogP contribution in [0.1, 0.15) is 41.9 Å². The molecule has 0 aliphatic carbocycles. The van der Waals surface area contributed by atoms with Crippen molar-refractivity contribution in [1.29, 1.82) is 0 Å². The van der Waals surface area contributed by atoms with E-state index in [4.69, 9.17) is 28.2 Å². The Morgan fingerprint density at radius 2 is 2.00 bits per heavy atom. The molecule has 0 spiro atoms. The van der Waals surface area contributed by atoms with Crippen molar-refractivity contribution in [1.82, 2.24) is 15.0 Å². The number of pyridine rings is 2. The van der Waals surface area contributed by atoms with E-state index >= 15 is 0 Å². The fraction of sp³-hybridized carbons (Fsp3) is 0.231. The van der Waals surface area contributed by atoms with Gasteiger partial charge in [-0.3, -0.25) is 4.79 Å². The highest BCUT2D eigenvalue weighted by Gasteiger charge is 2.19. The van der Waals surface area contributed by atoms with E-state index in [1.54, 1.807) is 24.3 Å². The maximum Gasteiger partial charge on any atom is 0.339 e. The summed E-state index contributed by atoms with van der Waals surface area (Å²) in [6.07, 6.45) is 5.87. The summed E-state index contributed by atoms with van der Waals surface area (Å²) in [5.74, 6) is -0.474. The van der Waals surface area contributed by atoms with Crippen molar-refractivity contribution in [2.24, 2.45) is 5.92 Å². The Balaban J connectivity index is 1.71. The Labute approximate surface area is 222 Å². The number of carboxylic acids is 1. The number of thiazole rings is 1. The summed E-state index contributed by atoms with van der Waals surface area (Å²) < 4.78 is 0. The number of rotatable bonds is 9. The summed E-state index contributed by atoms with van der Waals surface area (Å²) in [6, 6.07) is 10.1. The van der Waals surface area contributed by atoms with Crippen molar-refractivity contribution >= 4 is 51.5 Å². The number of nitrogens with zero attached hydrogens (tertiary/aromatic N) is 2. The van der Waals surface area contributed by atoms with Gasteiger partial charge in [0, 0.05) is 34.0 Å². The van der Waals surface area contributed by atoms with E-state index in [-0.39, 0.29) is 16.9 Å². The number of carbonyl (C=O) groups is 1. The quantitative estimate of drug-likeness (QED) is 0.205. The van der Waals surface area contributed by atoms with E-state index in [9.17, 15) is 14.7 Å². The van der Waals surface area contributed by atoms with Gasteiger partial charge < -0.3 is 15.4 Å². The maximum absolute atomic E-state index is 12.2. The lowest BCUT2D eigenvalue weighted by Crippen LogP contribution is -2.09. The Kier molecular flexibility index (Phi) is 8.08. The molecule has 10 heteroatoms. The Morgan fingerprint density at radius 1 is 1.19 bits per heavy atom. The second kappa shape index (κ2) is 11.2. The van der Waals surface area contributed by atoms with Gasteiger partial charge in [-0.15, -0.1) is 11.3 Å². The molecule has 1 aromatic carbocycles. The van der Waals surface area contributed by atoms with Crippen molar-refractivity contribution in [3.05, 3.63) is 79.6 Å². The number of hydrogen-bond donors (Lipinski definition) is 3. The second-order valence-electron chi connectivity index (χ2n) is 8.44. The number of carboxylic acid groups (broad SMARTS) is 1. The van der Waals surface area contributed by atoms with Crippen LogP contribution in [0.25, 0.3) is 22.4 Å². The number of aromatic nitrogens is 3. The van der Waals surface area contributed by atoms with Gasteiger partial charge in [0.05, 0.1) is 15.7 Å². The SMILES string of the molecule is CCC(C)CCc1sc(Nc2ncc(-c3ccc[nH]c3=O)cc2C(=O)O)nc1-c1ccc(Cl)c(Cl)c1. The standard InChI is InChI=1S/C26H24Cl2N4O3S/c1-3-14(2)6-9-21-22(15-7-8-19(27)20(28)12-15)31-26(36-21)32-23-18(25(34)35)11-16(13-30-23)17-5-4-10-29-24(17)33/h4-5,7-8,10-14H,3,6,9H2,1-2H3,(H,29,33)(H,34,35)(H,30,31,32). The molecule has 0 saturated carbocycles. The molecule has 3 aromatic heterocycles. The molecule has 0 radical (unpaired) electrons. The molecule has 4 rings (SSSR count). The van der Waals surface area contributed by atoms with E-state index in [1.807, 2.05) is 6.07 Å². The van der Waals surface area contributed by atoms with Crippen molar-refractivity contribution < 1.29 is 9.90 Å². The molecule has 3 N–H and O–H groups in total. The first-order valence-electron chi connectivity index (χ1n) is 11.4. The number of aromatic carboxylic acids is 1. The van der Waals surface area contributed by atoms with Crippen molar-refractivity contribution in [2.45, 2.75) is 33.1 Å². The molecule has 36 heavy (non-hydrogen) atoms. The highest BCUT2D eigenvalue weighted by molar-refractivity contribution is 7.16. The zero-order chi connectivity index (χ0) is 25.8. The van der Waals surface area contributed by atoms with Crippen LogP contribution in [0, 0.1) is 5.92 Å². The van der Waals surface area contributed by atoms with E-state index in [0.29, 0.717) is 32.2 Å². The van der Waals surface area contributed by atoms with Gasteiger partial charge in [-0.05, 0) is 49.1 Å². The van der Waals surface area contributed by atoms with Gasteiger partial charge in [0.2, 0.25) is 0 Å². The summed E-state index contributed by atoms with van der Waals surface area (Å²) in [7, 11) is 0. The van der Waals surface area contributed by atoms with Gasteiger partial charge in [-0.1, -0.05) is 49.5 Å². The normalized spacial score (nSPS) is 11.9. The van der Waals surface area contributed by atoms with Crippen LogP contribution < -0.4 is 10.9 Å². The van der Waals surface area contributed by atoms with Gasteiger partial charge in [-0.2, -0.15) is 0 Å². The number of H-pyrrole nitrogens is 1. The van der Waals surface area contributed by atoms with Crippen LogP contribution >= 0.6 is 34.5 Å². The van der Waals surface area contributed by atoms with Crippen LogP contribution in [0.4, 0.5) is 10.9 Å². The van der Waals surface area contributed by atoms with Gasteiger partial charge >= 0.3 is 5.97 Å². The lowest BCUT2D eigenvalue weighted by molar-refractivity contribution is 0.0697. The molecule has 186 valence electrons. The summed E-state index contributed by atoms with van der Waals surface area (Å²) in [5.41, 5.74) is 1.95. The van der Waals surface area contributed by atoms with Crippen LogP contribution in [0.15, 0.2) is 53.6 Å². The predicted molar refractivity (Wildman–Crippen MR) is 146 cm³/mol. The molecular formula is C26H24Cl2N4O3S. The Morgan fingerprint density at radius 3 is 2.69 bits per heavy atom. The van der Waals surface area contributed by atoms with Crippen LogP contribution in [0.2, 0.25) is 10.0 Å². The Bertz CT molecular complexity index is 1470. The first-order valence-corrected chi connectivity index (χ1v) is 13.0. The molecule has 0 bridgehead atoms. The second-order valence-corrected chi connectivity index (χ2v) is 10.3. The maximum atomic E-state index is 12.2. The number of nitrogens with one attached hydrogen (secondary N) is 2. The minimum atomic E-state index is -1.17. The van der Waals surface area contributed by atoms with Gasteiger partial charge in [-0.25, -0.2) is 14.8 Å². The minimum Gasteiger partial charge on any atom is -0.478 e. The number of halogens is 2. The van der Waals surface area contributed by atoms with Gasteiger partial charge in [0.15, 0.2) is 5.13 Å². The summed E-state index contributed by atoms with van der Waals surface area (Å²) in [6.45, 7) is 4.37. The smallest absolute Gasteiger partial charge is 0.339 e. The largest absolute Gasteiger partial charge is 0.478 e. The van der Waals surface area contributed by atoms with Gasteiger partial charge in [0.25, 0.3) is 5.56 Å². The van der Waals surface area contributed by atoms with E-state index in [1.165, 1.54) is 29.8 Å². The number of anilines is 2. The van der Waals surface area contributed by atoms with Crippen molar-refractivity contribution in [3.63, 3.8) is 0 Å². The fourth-order valence-electron chi connectivity index (χ4n) is 3.65. The zero-order valence-electron chi connectivity index (χ0n) is 19.6. The molecular weight excluding hydrogens is 519 g/mol. The molecule has 0 aliphatic heterocycles. The van der Waals surface area contributed by atoms with E-state index < -0.39 is 5.97 Å². The zero-order valence-corrected chi connectivity index (χ0v) is 22.0. The summed E-state index contributed by atoms with van der Waals surface area (Å²) >= 11 is 13.8. The molecule has 0 amide bonds. The minimum absolute atomic E-state index is 0.0665. The van der Waals surface area contributed by atoms with Crippen LogP contribution in [-0.2, 0) is 6.42 Å². The highest BCUT2D eigenvalue weighted by atomic mass is 35.5. The van der Waals surface area contributed by atoms with E-state index in [2.05, 4.69) is 29.1 Å². The Hall–Kier alpha value is -3.20. The number of aryl methyl sites for hydroxylation is 1. The predicted octanol–water partition coefficient (Wildman–Crippen LogP) is 7.29. The molecule has 1 atom stereocenters. The number of benzene rings is 1. The molecule has 0 fully saturated rings. The first-order chi connectivity index (χ1) is 17.3.